The van der Waals surface area contributed by atoms with E-state index >= 15 is 0 Å². The van der Waals surface area contributed by atoms with Crippen molar-refractivity contribution in [1.29, 1.82) is 0 Å². The summed E-state index contributed by atoms with van der Waals surface area (Å²) >= 11 is 7.38. The van der Waals surface area contributed by atoms with Gasteiger partial charge in [0.1, 0.15) is 0 Å². The minimum absolute atomic E-state index is 0.610. The second kappa shape index (κ2) is 3.21. The zero-order valence-corrected chi connectivity index (χ0v) is 10.8. The van der Waals surface area contributed by atoms with Crippen LogP contribution in [0.2, 0.25) is 0 Å². The quantitative estimate of drug-likeness (QED) is 0.653. The molecule has 2 aliphatic rings. The van der Waals surface area contributed by atoms with E-state index < -0.39 is 0 Å². The van der Waals surface area contributed by atoms with Gasteiger partial charge < -0.3 is 0 Å². The van der Waals surface area contributed by atoms with Gasteiger partial charge in [0.05, 0.1) is 0 Å². The lowest BCUT2D eigenvalue weighted by Crippen LogP contribution is -2.02. The van der Waals surface area contributed by atoms with Crippen LogP contribution in [0, 0.1) is 0 Å². The molecule has 0 amide bonds. The van der Waals surface area contributed by atoms with Crippen molar-refractivity contribution in [3.05, 3.63) is 44.4 Å². The van der Waals surface area contributed by atoms with E-state index in [1.54, 1.807) is 5.56 Å². The molecule has 2 heteroatoms. The molecule has 0 spiro atoms. The van der Waals surface area contributed by atoms with Crippen LogP contribution in [0.5, 0.6) is 0 Å². The average Bonchev–Trinajstić information content (AvgIpc) is 2.52. The van der Waals surface area contributed by atoms with Gasteiger partial charge in [-0.25, -0.2) is 0 Å². The van der Waals surface area contributed by atoms with E-state index in [1.165, 1.54) is 20.9 Å². The molecule has 0 unspecified atom stereocenters. The zero-order chi connectivity index (χ0) is 9.71. The van der Waals surface area contributed by atoms with E-state index in [1.807, 2.05) is 0 Å². The van der Waals surface area contributed by atoms with Gasteiger partial charge in [-0.15, -0.1) is 0 Å². The van der Waals surface area contributed by atoms with Crippen LogP contribution < -0.4 is 0 Å². The van der Waals surface area contributed by atoms with Crippen LogP contribution in [-0.4, -0.2) is 0 Å². The second-order valence-electron chi connectivity index (χ2n) is 4.07. The molecule has 2 aliphatic carbocycles. The van der Waals surface area contributed by atoms with Gasteiger partial charge in [-0.05, 0) is 29.9 Å². The Balaban J connectivity index is 2.19. The number of allylic oxidation sites excluding steroid dienone is 2. The maximum absolute atomic E-state index is 3.71. The molecule has 0 saturated heterocycles. The summed E-state index contributed by atoms with van der Waals surface area (Å²) in [5.74, 6) is 1.35. The highest BCUT2D eigenvalue weighted by Crippen LogP contribution is 2.55. The zero-order valence-electron chi connectivity index (χ0n) is 7.63. The molecule has 72 valence electrons. The first-order valence-electron chi connectivity index (χ1n) is 4.90. The van der Waals surface area contributed by atoms with Gasteiger partial charge in [-0.3, -0.25) is 0 Å². The maximum atomic E-state index is 3.71. The third kappa shape index (κ3) is 1.17. The van der Waals surface area contributed by atoms with E-state index in [-0.39, 0.29) is 0 Å². The lowest BCUT2D eigenvalue weighted by Gasteiger charge is -2.19. The van der Waals surface area contributed by atoms with Crippen LogP contribution in [0.1, 0.15) is 35.8 Å². The van der Waals surface area contributed by atoms with Crippen LogP contribution >= 0.6 is 31.9 Å². The number of benzene rings is 1. The fourth-order valence-electron chi connectivity index (χ4n) is 2.67. The summed E-state index contributed by atoms with van der Waals surface area (Å²) in [6, 6.07) is 8.85. The third-order valence-corrected chi connectivity index (χ3v) is 5.64. The summed E-state index contributed by atoms with van der Waals surface area (Å²) in [6.45, 7) is 0. The highest BCUT2D eigenvalue weighted by atomic mass is 79.9. The number of hydrogen-bond donors (Lipinski definition) is 0. The van der Waals surface area contributed by atoms with Crippen molar-refractivity contribution >= 4 is 31.9 Å². The van der Waals surface area contributed by atoms with Crippen molar-refractivity contribution in [2.75, 3.05) is 0 Å². The van der Waals surface area contributed by atoms with Gasteiger partial charge >= 0.3 is 0 Å². The van der Waals surface area contributed by atoms with Crippen molar-refractivity contribution in [1.82, 2.24) is 0 Å². The van der Waals surface area contributed by atoms with Crippen molar-refractivity contribution in [3.8, 4) is 0 Å². The van der Waals surface area contributed by atoms with Crippen molar-refractivity contribution < 1.29 is 0 Å². The molecule has 1 aromatic rings. The van der Waals surface area contributed by atoms with Crippen LogP contribution in [0.3, 0.4) is 0 Å². The van der Waals surface area contributed by atoms with E-state index in [0.29, 0.717) is 5.92 Å². The Morgan fingerprint density at radius 2 is 1.79 bits per heavy atom. The minimum atomic E-state index is 0.610. The predicted octanol–water partition coefficient (Wildman–Crippen LogP) is 4.66. The monoisotopic (exact) mass is 312 g/mol. The van der Waals surface area contributed by atoms with Gasteiger partial charge in [0.15, 0.2) is 0 Å². The molecule has 0 aliphatic heterocycles. The molecule has 14 heavy (non-hydrogen) atoms. The van der Waals surface area contributed by atoms with Gasteiger partial charge in [0.25, 0.3) is 0 Å². The molecular formula is C12H10Br2. The van der Waals surface area contributed by atoms with E-state index in [0.717, 1.165) is 12.3 Å². The van der Waals surface area contributed by atoms with Gasteiger partial charge in [-0.1, -0.05) is 56.1 Å². The van der Waals surface area contributed by atoms with Crippen molar-refractivity contribution in [2.45, 2.75) is 24.7 Å². The Morgan fingerprint density at radius 3 is 2.57 bits per heavy atom. The number of fused-ring (bicyclic) bond motifs is 5. The predicted molar refractivity (Wildman–Crippen MR) is 66.0 cm³/mol. The van der Waals surface area contributed by atoms with Crippen LogP contribution in [0.25, 0.3) is 0 Å². The van der Waals surface area contributed by atoms with Crippen molar-refractivity contribution in [3.63, 3.8) is 0 Å². The Labute approximate surface area is 101 Å². The van der Waals surface area contributed by atoms with Crippen LogP contribution in [-0.2, 0) is 0 Å². The Bertz CT molecular complexity index is 420. The molecule has 1 aromatic carbocycles. The first kappa shape index (κ1) is 9.17. The van der Waals surface area contributed by atoms with Crippen LogP contribution in [0.4, 0.5) is 0 Å². The summed E-state index contributed by atoms with van der Waals surface area (Å²) in [5.41, 5.74) is 3.09. The van der Waals surface area contributed by atoms with Gasteiger partial charge in [-0.2, -0.15) is 0 Å². The minimum Gasteiger partial charge on any atom is -0.0620 e. The molecule has 0 heterocycles. The first-order valence-corrected chi connectivity index (χ1v) is 6.49. The molecule has 0 N–H and O–H groups in total. The number of rotatable bonds is 0. The number of halogens is 2. The molecule has 0 aromatic heterocycles. The van der Waals surface area contributed by atoms with E-state index in [9.17, 15) is 0 Å². The topological polar surface area (TPSA) is 0 Å². The largest absolute Gasteiger partial charge is 0.0620 e. The normalized spacial score (nSPS) is 29.3. The standard InChI is InChI=1S/C12H10Br2/c13-11-6-7-5-10(12(11)14)9-4-2-1-3-8(7)9/h1-4,7,10H,5-6H2/t7-,10-/m0/s1. The fraction of sp³-hybridized carbons (Fsp3) is 0.333. The molecule has 2 bridgehead atoms. The SMILES string of the molecule is BrC1=C(Br)[C@H]2C[C@@H](C1)c1ccccc12. The summed E-state index contributed by atoms with van der Waals surface area (Å²) in [6.07, 6.45) is 2.45. The number of hydrogen-bond acceptors (Lipinski definition) is 0. The maximum Gasteiger partial charge on any atom is 0.0172 e. The molecular weight excluding hydrogens is 304 g/mol. The molecule has 2 atom stereocenters. The molecule has 0 saturated carbocycles. The van der Waals surface area contributed by atoms with Gasteiger partial charge in [0.2, 0.25) is 0 Å². The molecule has 0 fully saturated rings. The van der Waals surface area contributed by atoms with E-state index in [2.05, 4.69) is 56.1 Å². The fourth-order valence-corrected chi connectivity index (χ4v) is 3.94. The summed E-state index contributed by atoms with van der Waals surface area (Å²) in [4.78, 5) is 0. The summed E-state index contributed by atoms with van der Waals surface area (Å²) in [7, 11) is 0. The highest BCUT2D eigenvalue weighted by molar-refractivity contribution is 9.14. The third-order valence-electron chi connectivity index (χ3n) is 3.32. The van der Waals surface area contributed by atoms with Crippen molar-refractivity contribution in [2.24, 2.45) is 0 Å². The van der Waals surface area contributed by atoms with Crippen LogP contribution in [0.15, 0.2) is 33.2 Å². The molecule has 3 rings (SSSR count). The Morgan fingerprint density at radius 1 is 1.07 bits per heavy atom. The lowest BCUT2D eigenvalue weighted by atomic mass is 9.93. The highest BCUT2D eigenvalue weighted by Gasteiger charge is 2.37. The molecule has 0 nitrogen and oxygen atoms in total. The average molecular weight is 314 g/mol. The summed E-state index contributed by atoms with van der Waals surface area (Å²) < 4.78 is 2.72. The second-order valence-corrected chi connectivity index (χ2v) is 5.88. The summed E-state index contributed by atoms with van der Waals surface area (Å²) in [5, 5.41) is 0. The Hall–Kier alpha value is -0.0800. The van der Waals surface area contributed by atoms with Gasteiger partial charge in [0, 0.05) is 14.9 Å². The Kier molecular flexibility index (Phi) is 2.10. The lowest BCUT2D eigenvalue weighted by molar-refractivity contribution is 0.618. The van der Waals surface area contributed by atoms with E-state index in [4.69, 9.17) is 0 Å². The molecule has 0 radical (unpaired) electrons. The smallest absolute Gasteiger partial charge is 0.0172 e. The first-order chi connectivity index (χ1) is 6.77.